The van der Waals surface area contributed by atoms with E-state index in [9.17, 15) is 19.1 Å². The van der Waals surface area contributed by atoms with Gasteiger partial charge in [-0.3, -0.25) is 9.59 Å². The fourth-order valence-corrected chi connectivity index (χ4v) is 2.90. The fourth-order valence-electron chi connectivity index (χ4n) is 2.44. The molecule has 0 spiro atoms. The summed E-state index contributed by atoms with van der Waals surface area (Å²) in [7, 11) is 0. The van der Waals surface area contributed by atoms with Crippen LogP contribution in [-0.2, 0) is 9.59 Å². The molecule has 0 aliphatic rings. The van der Waals surface area contributed by atoms with Gasteiger partial charge in [-0.15, -0.1) is 0 Å². The van der Waals surface area contributed by atoms with Crippen LogP contribution >= 0.6 is 23.2 Å². The Morgan fingerprint density at radius 1 is 1.23 bits per heavy atom. The van der Waals surface area contributed by atoms with Gasteiger partial charge in [0, 0.05) is 5.56 Å². The first-order valence-corrected chi connectivity index (χ1v) is 9.58. The van der Waals surface area contributed by atoms with Crippen LogP contribution in [0.1, 0.15) is 32.3 Å². The van der Waals surface area contributed by atoms with Gasteiger partial charge in [0.15, 0.2) is 11.6 Å². The van der Waals surface area contributed by atoms with E-state index in [1.165, 1.54) is 19.1 Å². The lowest BCUT2D eigenvalue weighted by atomic mass is 10.0. The number of halogens is 3. The van der Waals surface area contributed by atoms with Crippen LogP contribution in [0.2, 0.25) is 10.0 Å². The van der Waals surface area contributed by atoms with E-state index in [2.05, 4.69) is 15.6 Å². The Morgan fingerprint density at radius 3 is 2.50 bits per heavy atom. The Morgan fingerprint density at radius 2 is 1.90 bits per heavy atom. The standard InChI is InChI=1S/C19H20Cl2FN3O5/c1-8(2)11-6-10(4-5-12(11)26)30-16-14(20)17(22)25-18(15(16)21)24-9(3)19(29)23-7-13(27)28/h4-6,8-9,26H,7H2,1-3H3,(H,23,29)(H,24,25)(H,27,28)/t9-/m0/s1. The maximum absolute atomic E-state index is 14.3. The Labute approximate surface area is 182 Å². The summed E-state index contributed by atoms with van der Waals surface area (Å²) in [6, 6.07) is 3.48. The number of anilines is 1. The lowest BCUT2D eigenvalue weighted by molar-refractivity contribution is -0.138. The highest BCUT2D eigenvalue weighted by atomic mass is 35.5. The van der Waals surface area contributed by atoms with Crippen LogP contribution in [0.5, 0.6) is 17.2 Å². The average molecular weight is 460 g/mol. The number of carboxylic acids is 1. The van der Waals surface area contributed by atoms with E-state index >= 15 is 0 Å². The van der Waals surface area contributed by atoms with Gasteiger partial charge in [0.25, 0.3) is 0 Å². The number of carboxylic acid groups (broad SMARTS) is 1. The van der Waals surface area contributed by atoms with Crippen molar-refractivity contribution in [2.45, 2.75) is 32.7 Å². The van der Waals surface area contributed by atoms with E-state index < -0.39 is 35.4 Å². The van der Waals surface area contributed by atoms with Crippen molar-refractivity contribution in [3.63, 3.8) is 0 Å². The number of aromatic nitrogens is 1. The number of benzene rings is 1. The first-order chi connectivity index (χ1) is 14.0. The van der Waals surface area contributed by atoms with Crippen molar-refractivity contribution >= 4 is 40.9 Å². The predicted octanol–water partition coefficient (Wildman–Crippen LogP) is 4.15. The minimum atomic E-state index is -1.21. The number of aliphatic carboxylic acids is 1. The van der Waals surface area contributed by atoms with Crippen LogP contribution < -0.4 is 15.4 Å². The van der Waals surface area contributed by atoms with E-state index in [4.69, 9.17) is 33.0 Å². The normalized spacial score (nSPS) is 11.8. The Kier molecular flexibility index (Phi) is 7.69. The summed E-state index contributed by atoms with van der Waals surface area (Å²) in [5.41, 5.74) is 0.608. The smallest absolute Gasteiger partial charge is 0.322 e. The number of nitrogens with zero attached hydrogens (tertiary/aromatic N) is 1. The first-order valence-electron chi connectivity index (χ1n) is 8.82. The third kappa shape index (κ3) is 5.64. The van der Waals surface area contributed by atoms with Crippen molar-refractivity contribution in [1.29, 1.82) is 0 Å². The molecule has 0 radical (unpaired) electrons. The second-order valence-electron chi connectivity index (χ2n) is 6.66. The molecular formula is C19H20Cl2FN3O5. The number of rotatable bonds is 8. The zero-order chi connectivity index (χ0) is 22.6. The summed E-state index contributed by atoms with van der Waals surface area (Å²) >= 11 is 12.2. The van der Waals surface area contributed by atoms with E-state index in [0.717, 1.165) is 0 Å². The van der Waals surface area contributed by atoms with Gasteiger partial charge in [-0.05, 0) is 31.0 Å². The number of pyridine rings is 1. The molecule has 1 aromatic heterocycles. The molecule has 0 bridgehead atoms. The van der Waals surface area contributed by atoms with Gasteiger partial charge in [-0.25, -0.2) is 0 Å². The molecule has 8 nitrogen and oxygen atoms in total. The highest BCUT2D eigenvalue weighted by molar-refractivity contribution is 6.38. The van der Waals surface area contributed by atoms with Gasteiger partial charge in [0.05, 0.1) is 0 Å². The molecule has 1 amide bonds. The lowest BCUT2D eigenvalue weighted by Crippen LogP contribution is -2.40. The molecule has 0 aliphatic heterocycles. The van der Waals surface area contributed by atoms with Crippen LogP contribution in [0.15, 0.2) is 18.2 Å². The predicted molar refractivity (Wildman–Crippen MR) is 110 cm³/mol. The van der Waals surface area contributed by atoms with Crippen LogP contribution in [-0.4, -0.2) is 39.7 Å². The molecule has 30 heavy (non-hydrogen) atoms. The summed E-state index contributed by atoms with van der Waals surface area (Å²) in [6.45, 7) is 4.60. The summed E-state index contributed by atoms with van der Waals surface area (Å²) in [5.74, 6) is -3.07. The lowest BCUT2D eigenvalue weighted by Gasteiger charge is -2.18. The molecule has 1 aromatic carbocycles. The van der Waals surface area contributed by atoms with Crippen molar-refractivity contribution in [2.75, 3.05) is 11.9 Å². The molecule has 0 fully saturated rings. The zero-order valence-electron chi connectivity index (χ0n) is 16.3. The molecule has 1 atom stereocenters. The second kappa shape index (κ2) is 9.82. The third-order valence-electron chi connectivity index (χ3n) is 4.00. The van der Waals surface area contributed by atoms with Crippen LogP contribution in [0.4, 0.5) is 10.2 Å². The molecule has 0 saturated heterocycles. The van der Waals surface area contributed by atoms with Crippen LogP contribution in [0.25, 0.3) is 0 Å². The Bertz CT molecular complexity index is 972. The maximum atomic E-state index is 14.3. The Balaban J connectivity index is 2.32. The average Bonchev–Trinajstić information content (AvgIpc) is 2.68. The molecule has 4 N–H and O–H groups in total. The molecule has 0 saturated carbocycles. The zero-order valence-corrected chi connectivity index (χ0v) is 17.8. The van der Waals surface area contributed by atoms with Crippen LogP contribution in [0, 0.1) is 5.95 Å². The summed E-state index contributed by atoms with van der Waals surface area (Å²) in [6.07, 6.45) is 0. The van der Waals surface area contributed by atoms with Crippen molar-refractivity contribution in [3.05, 3.63) is 39.8 Å². The third-order valence-corrected chi connectivity index (χ3v) is 4.68. The molecule has 11 heteroatoms. The van der Waals surface area contributed by atoms with E-state index in [-0.39, 0.29) is 34.0 Å². The SMILES string of the molecule is CC(C)c1cc(Oc2c(Cl)c(F)nc(N[C@@H](C)C(=O)NCC(=O)O)c2Cl)ccc1O. The maximum Gasteiger partial charge on any atom is 0.322 e. The largest absolute Gasteiger partial charge is 0.508 e. The minimum absolute atomic E-state index is 0.00365. The molecule has 2 rings (SSSR count). The number of aromatic hydroxyl groups is 1. The molecule has 162 valence electrons. The second-order valence-corrected chi connectivity index (χ2v) is 7.42. The van der Waals surface area contributed by atoms with Gasteiger partial charge in [0.2, 0.25) is 11.9 Å². The minimum Gasteiger partial charge on any atom is -0.508 e. The number of hydrogen-bond acceptors (Lipinski definition) is 6. The molecule has 0 aliphatic carbocycles. The van der Waals surface area contributed by atoms with Crippen molar-refractivity contribution < 1.29 is 28.9 Å². The highest BCUT2D eigenvalue weighted by Crippen LogP contribution is 2.42. The summed E-state index contributed by atoms with van der Waals surface area (Å²) in [5, 5.41) is 22.7. The van der Waals surface area contributed by atoms with E-state index in [1.807, 2.05) is 13.8 Å². The highest BCUT2D eigenvalue weighted by Gasteiger charge is 2.23. The fraction of sp³-hybridized carbons (Fsp3) is 0.316. The Hall–Kier alpha value is -2.78. The summed E-state index contributed by atoms with van der Waals surface area (Å²) in [4.78, 5) is 26.1. The number of phenolic OH excluding ortho intramolecular Hbond substituents is 1. The van der Waals surface area contributed by atoms with Crippen molar-refractivity contribution in [1.82, 2.24) is 10.3 Å². The number of phenols is 1. The number of amides is 1. The first kappa shape index (κ1) is 23.5. The van der Waals surface area contributed by atoms with E-state index in [0.29, 0.717) is 5.56 Å². The van der Waals surface area contributed by atoms with Crippen LogP contribution in [0.3, 0.4) is 0 Å². The number of carbonyl (C=O) groups excluding carboxylic acids is 1. The molecular weight excluding hydrogens is 440 g/mol. The topological polar surface area (TPSA) is 121 Å². The quantitative estimate of drug-likeness (QED) is 0.437. The monoisotopic (exact) mass is 459 g/mol. The molecule has 0 unspecified atom stereocenters. The van der Waals surface area contributed by atoms with E-state index in [1.54, 1.807) is 6.07 Å². The van der Waals surface area contributed by atoms with Gasteiger partial charge in [-0.1, -0.05) is 37.0 Å². The van der Waals surface area contributed by atoms with Gasteiger partial charge in [0.1, 0.15) is 34.1 Å². The molecule has 1 heterocycles. The number of hydrogen-bond donors (Lipinski definition) is 4. The molecule has 2 aromatic rings. The van der Waals surface area contributed by atoms with Gasteiger partial charge < -0.3 is 25.6 Å². The number of nitrogens with one attached hydrogen (secondary N) is 2. The number of carbonyl (C=O) groups is 2. The van der Waals surface area contributed by atoms with Crippen molar-refractivity contribution in [3.8, 4) is 17.2 Å². The van der Waals surface area contributed by atoms with Gasteiger partial charge >= 0.3 is 5.97 Å². The van der Waals surface area contributed by atoms with Gasteiger partial charge in [-0.2, -0.15) is 9.37 Å². The summed E-state index contributed by atoms with van der Waals surface area (Å²) < 4.78 is 19.9. The number of ether oxygens (including phenoxy) is 1. The van der Waals surface area contributed by atoms with Crippen molar-refractivity contribution in [2.24, 2.45) is 0 Å².